The molecule has 0 saturated carbocycles. The second-order valence-electron chi connectivity index (χ2n) is 7.20. The van der Waals surface area contributed by atoms with Crippen molar-refractivity contribution in [2.45, 2.75) is 71.9 Å². The van der Waals surface area contributed by atoms with Gasteiger partial charge in [-0.25, -0.2) is 0 Å². The zero-order valence-electron chi connectivity index (χ0n) is 15.2. The van der Waals surface area contributed by atoms with Gasteiger partial charge < -0.3 is 15.1 Å². The van der Waals surface area contributed by atoms with E-state index in [1.165, 1.54) is 64.8 Å². The van der Waals surface area contributed by atoms with E-state index < -0.39 is 0 Å². The number of nitrogens with zero attached hydrogens (tertiary/aromatic N) is 2. The van der Waals surface area contributed by atoms with E-state index in [2.05, 4.69) is 49.9 Å². The van der Waals surface area contributed by atoms with Gasteiger partial charge in [-0.05, 0) is 98.6 Å². The number of unbranched alkanes of at least 4 members (excludes halogenated alkanes) is 1. The Morgan fingerprint density at radius 2 is 1.81 bits per heavy atom. The van der Waals surface area contributed by atoms with Gasteiger partial charge in [0.25, 0.3) is 0 Å². The highest BCUT2D eigenvalue weighted by molar-refractivity contribution is 4.79. The molecular weight excluding hydrogens is 258 g/mol. The molecule has 1 N–H and O–H groups in total. The van der Waals surface area contributed by atoms with Gasteiger partial charge in [0, 0.05) is 12.1 Å². The van der Waals surface area contributed by atoms with Gasteiger partial charge in [-0.3, -0.25) is 0 Å². The van der Waals surface area contributed by atoms with E-state index in [1.54, 1.807) is 0 Å². The van der Waals surface area contributed by atoms with Gasteiger partial charge in [-0.15, -0.1) is 0 Å². The van der Waals surface area contributed by atoms with E-state index in [1.807, 2.05) is 0 Å². The molecule has 3 nitrogen and oxygen atoms in total. The minimum Gasteiger partial charge on any atom is -0.314 e. The molecule has 0 bridgehead atoms. The quantitative estimate of drug-likeness (QED) is 0.625. The zero-order valence-corrected chi connectivity index (χ0v) is 15.2. The molecule has 0 aromatic carbocycles. The molecule has 1 unspecified atom stereocenters. The smallest absolute Gasteiger partial charge is 0.00679 e. The molecule has 21 heavy (non-hydrogen) atoms. The Kier molecular flexibility index (Phi) is 9.54. The third-order valence-electron chi connectivity index (χ3n) is 5.16. The van der Waals surface area contributed by atoms with Gasteiger partial charge in [-0.1, -0.05) is 6.92 Å². The summed E-state index contributed by atoms with van der Waals surface area (Å²) in [6.07, 6.45) is 6.66. The largest absolute Gasteiger partial charge is 0.314 e. The maximum absolute atomic E-state index is 3.77. The zero-order chi connectivity index (χ0) is 15.7. The SMILES string of the molecule is CCCN1CCC(C(C)NCCCCN(C)C(C)C)CC1. The van der Waals surface area contributed by atoms with Crippen LogP contribution in [0.5, 0.6) is 0 Å². The average Bonchev–Trinajstić information content (AvgIpc) is 2.47. The summed E-state index contributed by atoms with van der Waals surface area (Å²) in [6.45, 7) is 15.5. The fourth-order valence-corrected chi connectivity index (χ4v) is 3.23. The summed E-state index contributed by atoms with van der Waals surface area (Å²) in [5.74, 6) is 0.886. The van der Waals surface area contributed by atoms with Crippen molar-refractivity contribution in [1.82, 2.24) is 15.1 Å². The molecule has 1 aliphatic heterocycles. The number of hydrogen-bond donors (Lipinski definition) is 1. The first kappa shape index (κ1) is 18.9. The lowest BCUT2D eigenvalue weighted by atomic mass is 9.90. The van der Waals surface area contributed by atoms with E-state index in [9.17, 15) is 0 Å². The molecule has 0 spiro atoms. The maximum atomic E-state index is 3.77. The number of nitrogens with one attached hydrogen (secondary N) is 1. The van der Waals surface area contributed by atoms with Crippen LogP contribution >= 0.6 is 0 Å². The lowest BCUT2D eigenvalue weighted by molar-refractivity contribution is 0.162. The summed E-state index contributed by atoms with van der Waals surface area (Å²) >= 11 is 0. The molecule has 1 saturated heterocycles. The summed E-state index contributed by atoms with van der Waals surface area (Å²) in [5.41, 5.74) is 0. The van der Waals surface area contributed by atoms with Gasteiger partial charge in [-0.2, -0.15) is 0 Å². The highest BCUT2D eigenvalue weighted by Crippen LogP contribution is 2.20. The first-order chi connectivity index (χ1) is 10.0. The van der Waals surface area contributed by atoms with Crippen LogP contribution in [0.15, 0.2) is 0 Å². The Morgan fingerprint density at radius 3 is 2.38 bits per heavy atom. The molecule has 0 radical (unpaired) electrons. The van der Waals surface area contributed by atoms with Gasteiger partial charge >= 0.3 is 0 Å². The second kappa shape index (κ2) is 10.6. The summed E-state index contributed by atoms with van der Waals surface area (Å²) in [5, 5.41) is 3.77. The van der Waals surface area contributed by atoms with Crippen LogP contribution in [0.3, 0.4) is 0 Å². The van der Waals surface area contributed by atoms with Crippen LogP contribution < -0.4 is 5.32 Å². The number of hydrogen-bond acceptors (Lipinski definition) is 3. The van der Waals surface area contributed by atoms with Crippen molar-refractivity contribution < 1.29 is 0 Å². The van der Waals surface area contributed by atoms with Crippen molar-refractivity contribution in [1.29, 1.82) is 0 Å². The highest BCUT2D eigenvalue weighted by atomic mass is 15.1. The van der Waals surface area contributed by atoms with E-state index in [0.717, 1.165) is 5.92 Å². The van der Waals surface area contributed by atoms with Crippen LogP contribution in [0.25, 0.3) is 0 Å². The lowest BCUT2D eigenvalue weighted by Gasteiger charge is -2.35. The Labute approximate surface area is 133 Å². The molecule has 1 fully saturated rings. The van der Waals surface area contributed by atoms with Crippen LogP contribution in [0.4, 0.5) is 0 Å². The molecule has 0 aliphatic carbocycles. The Morgan fingerprint density at radius 1 is 1.14 bits per heavy atom. The van der Waals surface area contributed by atoms with Crippen molar-refractivity contribution in [3.8, 4) is 0 Å². The number of piperidine rings is 1. The monoisotopic (exact) mass is 297 g/mol. The van der Waals surface area contributed by atoms with Crippen molar-refractivity contribution in [3.63, 3.8) is 0 Å². The summed E-state index contributed by atoms with van der Waals surface area (Å²) in [7, 11) is 2.23. The summed E-state index contributed by atoms with van der Waals surface area (Å²) in [4.78, 5) is 5.07. The van der Waals surface area contributed by atoms with E-state index >= 15 is 0 Å². The Balaban J connectivity index is 2.05. The third kappa shape index (κ3) is 7.62. The fourth-order valence-electron chi connectivity index (χ4n) is 3.23. The van der Waals surface area contributed by atoms with Gasteiger partial charge in [0.05, 0.1) is 0 Å². The van der Waals surface area contributed by atoms with Crippen molar-refractivity contribution in [3.05, 3.63) is 0 Å². The van der Waals surface area contributed by atoms with Crippen LogP contribution in [-0.2, 0) is 0 Å². The first-order valence-corrected chi connectivity index (χ1v) is 9.20. The van der Waals surface area contributed by atoms with E-state index in [-0.39, 0.29) is 0 Å². The minimum atomic E-state index is 0.671. The molecule has 3 heteroatoms. The normalized spacial score (nSPS) is 19.6. The number of likely N-dealkylation sites (tertiary alicyclic amines) is 1. The first-order valence-electron chi connectivity index (χ1n) is 9.20. The standard InChI is InChI=1S/C18H39N3/c1-6-12-21-14-9-18(10-15-21)17(4)19-11-7-8-13-20(5)16(2)3/h16-19H,6-15H2,1-5H3. The predicted molar refractivity (Wildman–Crippen MR) is 93.9 cm³/mol. The van der Waals surface area contributed by atoms with Crippen LogP contribution in [0.1, 0.15) is 59.8 Å². The molecule has 126 valence electrons. The lowest BCUT2D eigenvalue weighted by Crippen LogP contribution is -2.42. The topological polar surface area (TPSA) is 18.5 Å². The maximum Gasteiger partial charge on any atom is 0.00679 e. The molecule has 1 atom stereocenters. The average molecular weight is 298 g/mol. The third-order valence-corrected chi connectivity index (χ3v) is 5.16. The number of rotatable bonds is 10. The Bertz CT molecular complexity index is 247. The molecule has 1 rings (SSSR count). The molecule has 0 amide bonds. The minimum absolute atomic E-state index is 0.671. The molecule has 0 aromatic heterocycles. The summed E-state index contributed by atoms with van der Waals surface area (Å²) < 4.78 is 0. The molecule has 1 heterocycles. The molecule has 0 aromatic rings. The Hall–Kier alpha value is -0.120. The van der Waals surface area contributed by atoms with E-state index in [4.69, 9.17) is 0 Å². The van der Waals surface area contributed by atoms with Gasteiger partial charge in [0.1, 0.15) is 0 Å². The van der Waals surface area contributed by atoms with Crippen LogP contribution in [0.2, 0.25) is 0 Å². The second-order valence-corrected chi connectivity index (χ2v) is 7.20. The van der Waals surface area contributed by atoms with Crippen LogP contribution in [-0.4, -0.2) is 61.7 Å². The van der Waals surface area contributed by atoms with Crippen LogP contribution in [0, 0.1) is 5.92 Å². The van der Waals surface area contributed by atoms with Crippen molar-refractivity contribution in [2.75, 3.05) is 39.8 Å². The molecule has 1 aliphatic rings. The van der Waals surface area contributed by atoms with E-state index in [0.29, 0.717) is 12.1 Å². The fraction of sp³-hybridized carbons (Fsp3) is 1.00. The van der Waals surface area contributed by atoms with Crippen molar-refractivity contribution in [2.24, 2.45) is 5.92 Å². The van der Waals surface area contributed by atoms with Gasteiger partial charge in [0.15, 0.2) is 0 Å². The highest BCUT2D eigenvalue weighted by Gasteiger charge is 2.22. The van der Waals surface area contributed by atoms with Gasteiger partial charge in [0.2, 0.25) is 0 Å². The molecular formula is C18H39N3. The summed E-state index contributed by atoms with van der Waals surface area (Å²) in [6, 6.07) is 1.36. The predicted octanol–water partition coefficient (Wildman–Crippen LogP) is 3.21. The van der Waals surface area contributed by atoms with Crippen molar-refractivity contribution >= 4 is 0 Å².